The first-order valence-electron chi connectivity index (χ1n) is 6.28. The highest BCUT2D eigenvalue weighted by Crippen LogP contribution is 2.32. The Kier molecular flexibility index (Phi) is 6.02. The summed E-state index contributed by atoms with van der Waals surface area (Å²) < 4.78 is 0. The molecule has 0 radical (unpaired) electrons. The van der Waals surface area contributed by atoms with E-state index in [1.165, 1.54) is 5.56 Å². The predicted octanol–water partition coefficient (Wildman–Crippen LogP) is 6.37. The second kappa shape index (κ2) is 6.63. The normalized spacial score (nSPS) is 15.5. The number of hydrogen-bond donors (Lipinski definition) is 0. The highest BCUT2D eigenvalue weighted by Gasteiger charge is 2.22. The highest BCUT2D eigenvalue weighted by molar-refractivity contribution is 9.09. The maximum absolute atomic E-state index is 6.03. The van der Waals surface area contributed by atoms with Gasteiger partial charge >= 0.3 is 0 Å². The van der Waals surface area contributed by atoms with E-state index in [1.807, 2.05) is 18.2 Å². The molecule has 0 N–H and O–H groups in total. The topological polar surface area (TPSA) is 0 Å². The maximum atomic E-state index is 6.03. The van der Waals surface area contributed by atoms with E-state index in [-0.39, 0.29) is 0 Å². The molecule has 0 fully saturated rings. The van der Waals surface area contributed by atoms with Crippen LogP contribution in [0.2, 0.25) is 10.0 Å². The molecule has 0 saturated heterocycles. The summed E-state index contributed by atoms with van der Waals surface area (Å²) in [7, 11) is 0. The van der Waals surface area contributed by atoms with E-state index >= 15 is 0 Å². The van der Waals surface area contributed by atoms with Gasteiger partial charge in [0.15, 0.2) is 0 Å². The van der Waals surface area contributed by atoms with Crippen LogP contribution in [0.1, 0.15) is 39.7 Å². The zero-order chi connectivity index (χ0) is 13.9. The average molecular weight is 352 g/mol. The van der Waals surface area contributed by atoms with Gasteiger partial charge in [0.2, 0.25) is 0 Å². The molecule has 102 valence electrons. The van der Waals surface area contributed by atoms with E-state index < -0.39 is 0 Å². The standard InChI is InChI=1S/C15H21BrCl2/c1-10(15(2,3)4)7-12(16)8-11-5-6-13(17)14(18)9-11/h5-6,9-10,12H,7-8H2,1-4H3. The van der Waals surface area contributed by atoms with Crippen LogP contribution < -0.4 is 0 Å². The van der Waals surface area contributed by atoms with Crippen LogP contribution in [0.3, 0.4) is 0 Å². The number of rotatable bonds is 4. The van der Waals surface area contributed by atoms with Gasteiger partial charge in [0.05, 0.1) is 10.0 Å². The molecule has 0 amide bonds. The van der Waals surface area contributed by atoms with Crippen LogP contribution >= 0.6 is 39.1 Å². The van der Waals surface area contributed by atoms with Gasteiger partial charge in [-0.25, -0.2) is 0 Å². The lowest BCUT2D eigenvalue weighted by molar-refractivity contribution is 0.246. The van der Waals surface area contributed by atoms with Gasteiger partial charge in [-0.3, -0.25) is 0 Å². The average Bonchev–Trinajstić information content (AvgIpc) is 2.22. The molecule has 2 atom stereocenters. The number of alkyl halides is 1. The third kappa shape index (κ3) is 5.11. The van der Waals surface area contributed by atoms with Crippen molar-refractivity contribution in [3.05, 3.63) is 33.8 Å². The van der Waals surface area contributed by atoms with Gasteiger partial charge in [-0.1, -0.05) is 72.9 Å². The van der Waals surface area contributed by atoms with Crippen molar-refractivity contribution >= 4 is 39.1 Å². The molecule has 0 aliphatic rings. The Morgan fingerprint density at radius 3 is 2.28 bits per heavy atom. The molecule has 1 rings (SSSR count). The van der Waals surface area contributed by atoms with Crippen molar-refractivity contribution in [3.63, 3.8) is 0 Å². The molecular formula is C15H21BrCl2. The minimum atomic E-state index is 0.351. The first-order chi connectivity index (χ1) is 8.20. The molecule has 1 aromatic rings. The van der Waals surface area contributed by atoms with Crippen LogP contribution in [0.5, 0.6) is 0 Å². The minimum Gasteiger partial charge on any atom is -0.0887 e. The SMILES string of the molecule is CC(CC(Br)Cc1ccc(Cl)c(Cl)c1)C(C)(C)C. The molecule has 1 aromatic carbocycles. The Hall–Kier alpha value is 0.280. The molecule has 0 aliphatic heterocycles. The molecule has 0 nitrogen and oxygen atoms in total. The third-order valence-electron chi connectivity index (χ3n) is 3.53. The molecule has 0 heterocycles. The van der Waals surface area contributed by atoms with Crippen molar-refractivity contribution < 1.29 is 0 Å². The predicted molar refractivity (Wildman–Crippen MR) is 86.1 cm³/mol. The highest BCUT2D eigenvalue weighted by atomic mass is 79.9. The van der Waals surface area contributed by atoms with Crippen LogP contribution in [0, 0.1) is 11.3 Å². The lowest BCUT2D eigenvalue weighted by atomic mass is 9.79. The summed E-state index contributed by atoms with van der Waals surface area (Å²) in [5.74, 6) is 0.671. The summed E-state index contributed by atoms with van der Waals surface area (Å²) in [6.45, 7) is 9.17. The van der Waals surface area contributed by atoms with Crippen molar-refractivity contribution in [2.24, 2.45) is 11.3 Å². The third-order valence-corrected chi connectivity index (χ3v) is 4.97. The van der Waals surface area contributed by atoms with Crippen molar-refractivity contribution in [2.45, 2.75) is 45.4 Å². The summed E-state index contributed by atoms with van der Waals surface area (Å²) in [5, 5.41) is 1.26. The summed E-state index contributed by atoms with van der Waals surface area (Å²) in [6, 6.07) is 5.87. The van der Waals surface area contributed by atoms with Crippen LogP contribution in [0.15, 0.2) is 18.2 Å². The number of hydrogen-bond acceptors (Lipinski definition) is 0. The maximum Gasteiger partial charge on any atom is 0.0595 e. The Morgan fingerprint density at radius 2 is 1.78 bits per heavy atom. The Labute approximate surface area is 129 Å². The van der Waals surface area contributed by atoms with E-state index in [2.05, 4.69) is 43.6 Å². The summed E-state index contributed by atoms with van der Waals surface area (Å²) >= 11 is 15.7. The van der Waals surface area contributed by atoms with Gasteiger partial charge in [0, 0.05) is 4.83 Å². The second-order valence-electron chi connectivity index (χ2n) is 6.05. The van der Waals surface area contributed by atoms with E-state index in [0.717, 1.165) is 12.8 Å². The first kappa shape index (κ1) is 16.3. The Bertz CT molecular complexity index is 396. The molecule has 0 saturated carbocycles. The number of benzene rings is 1. The van der Waals surface area contributed by atoms with Gasteiger partial charge in [0.1, 0.15) is 0 Å². The quantitative estimate of drug-likeness (QED) is 0.552. The molecule has 0 bridgehead atoms. The summed E-state index contributed by atoms with van der Waals surface area (Å²) in [4.78, 5) is 0.476. The van der Waals surface area contributed by atoms with Crippen molar-refractivity contribution in [2.75, 3.05) is 0 Å². The number of halogens is 3. The Morgan fingerprint density at radius 1 is 1.17 bits per heavy atom. The van der Waals surface area contributed by atoms with Gasteiger partial charge in [-0.2, -0.15) is 0 Å². The fourth-order valence-corrected chi connectivity index (χ4v) is 3.00. The fourth-order valence-electron chi connectivity index (χ4n) is 1.74. The zero-order valence-electron chi connectivity index (χ0n) is 11.4. The lowest BCUT2D eigenvalue weighted by Gasteiger charge is -2.29. The van der Waals surface area contributed by atoms with E-state index in [9.17, 15) is 0 Å². The molecular weight excluding hydrogens is 331 g/mol. The minimum absolute atomic E-state index is 0.351. The molecule has 3 heteroatoms. The first-order valence-corrected chi connectivity index (χ1v) is 7.95. The van der Waals surface area contributed by atoms with Crippen LogP contribution in [0.4, 0.5) is 0 Å². The van der Waals surface area contributed by atoms with Crippen molar-refractivity contribution in [1.82, 2.24) is 0 Å². The Balaban J connectivity index is 2.59. The monoisotopic (exact) mass is 350 g/mol. The van der Waals surface area contributed by atoms with Gasteiger partial charge < -0.3 is 0 Å². The molecule has 0 aliphatic carbocycles. The van der Waals surface area contributed by atoms with E-state index in [4.69, 9.17) is 23.2 Å². The van der Waals surface area contributed by atoms with Gasteiger partial charge in [-0.15, -0.1) is 0 Å². The molecule has 18 heavy (non-hydrogen) atoms. The van der Waals surface area contributed by atoms with Crippen LogP contribution in [0.25, 0.3) is 0 Å². The van der Waals surface area contributed by atoms with Crippen molar-refractivity contribution in [3.8, 4) is 0 Å². The second-order valence-corrected chi connectivity index (χ2v) is 8.16. The molecule has 0 aromatic heterocycles. The molecule has 0 spiro atoms. The zero-order valence-corrected chi connectivity index (χ0v) is 14.5. The lowest BCUT2D eigenvalue weighted by Crippen LogP contribution is -2.21. The van der Waals surface area contributed by atoms with Gasteiger partial charge in [-0.05, 0) is 41.9 Å². The van der Waals surface area contributed by atoms with E-state index in [1.54, 1.807) is 0 Å². The van der Waals surface area contributed by atoms with Gasteiger partial charge in [0.25, 0.3) is 0 Å². The largest absolute Gasteiger partial charge is 0.0887 e. The van der Waals surface area contributed by atoms with Crippen LogP contribution in [-0.2, 0) is 6.42 Å². The van der Waals surface area contributed by atoms with E-state index in [0.29, 0.717) is 26.2 Å². The smallest absolute Gasteiger partial charge is 0.0595 e. The summed E-state index contributed by atoms with van der Waals surface area (Å²) in [5.41, 5.74) is 1.58. The van der Waals surface area contributed by atoms with Crippen LogP contribution in [-0.4, -0.2) is 4.83 Å². The fraction of sp³-hybridized carbons (Fsp3) is 0.600. The summed E-state index contributed by atoms with van der Waals surface area (Å²) in [6.07, 6.45) is 2.14. The van der Waals surface area contributed by atoms with Crippen molar-refractivity contribution in [1.29, 1.82) is 0 Å². The molecule has 2 unspecified atom stereocenters.